The van der Waals surface area contributed by atoms with Crippen molar-refractivity contribution in [3.8, 4) is 22.4 Å². The Kier molecular flexibility index (Phi) is 3.31. The molecular formula is C15H11BN6S. The van der Waals surface area contributed by atoms with Crippen LogP contribution in [0.1, 0.15) is 0 Å². The Morgan fingerprint density at radius 2 is 2.09 bits per heavy atom. The summed E-state index contributed by atoms with van der Waals surface area (Å²) in [5, 5.41) is 19.0. The normalized spacial score (nSPS) is 11.0. The summed E-state index contributed by atoms with van der Waals surface area (Å²) in [4.78, 5) is 4.33. The third kappa shape index (κ3) is 2.47. The van der Waals surface area contributed by atoms with Gasteiger partial charge in [-0.1, -0.05) is 35.0 Å². The largest absolute Gasteiger partial charge is 0.365 e. The number of rotatable bonds is 3. The standard InChI is InChI=1S/C15H11BN6S/c1-17-15-20-14-13(23-15)5-12(21-22-14)10-3-2-8(4-11(10)16)9-6-18-19-7-9/h2-7H,1H3,(H,18,19)(H,17,20,22). The summed E-state index contributed by atoms with van der Waals surface area (Å²) < 4.78 is 0.970. The van der Waals surface area contributed by atoms with E-state index >= 15 is 0 Å². The van der Waals surface area contributed by atoms with Crippen LogP contribution >= 0.6 is 11.3 Å². The van der Waals surface area contributed by atoms with Crippen LogP contribution in [0.15, 0.2) is 36.7 Å². The first kappa shape index (κ1) is 13.9. The highest BCUT2D eigenvalue weighted by atomic mass is 32.1. The predicted molar refractivity (Wildman–Crippen MR) is 93.2 cm³/mol. The minimum atomic E-state index is 0.636. The van der Waals surface area contributed by atoms with Gasteiger partial charge in [-0.3, -0.25) is 5.10 Å². The Labute approximate surface area is 137 Å². The molecule has 0 bridgehead atoms. The highest BCUT2D eigenvalue weighted by Gasteiger charge is 2.10. The molecule has 110 valence electrons. The van der Waals surface area contributed by atoms with Gasteiger partial charge in [-0.25, -0.2) is 0 Å². The molecule has 6 nitrogen and oxygen atoms in total. The van der Waals surface area contributed by atoms with Gasteiger partial charge in [-0.05, 0) is 17.2 Å². The molecule has 0 saturated heterocycles. The summed E-state index contributed by atoms with van der Waals surface area (Å²) in [6.45, 7) is 0. The Hall–Kier alpha value is -2.74. The fourth-order valence-electron chi connectivity index (χ4n) is 2.37. The van der Waals surface area contributed by atoms with Crippen molar-refractivity contribution in [1.82, 2.24) is 25.4 Å². The van der Waals surface area contributed by atoms with E-state index in [1.165, 1.54) is 11.3 Å². The van der Waals surface area contributed by atoms with E-state index < -0.39 is 0 Å². The molecule has 0 saturated carbocycles. The van der Waals surface area contributed by atoms with Crippen LogP contribution < -0.4 is 10.8 Å². The van der Waals surface area contributed by atoms with Gasteiger partial charge in [0.25, 0.3) is 0 Å². The molecule has 1 aromatic carbocycles. The zero-order chi connectivity index (χ0) is 15.8. The molecule has 4 rings (SSSR count). The maximum atomic E-state index is 6.21. The molecule has 0 aliphatic rings. The van der Waals surface area contributed by atoms with Crippen molar-refractivity contribution in [2.24, 2.45) is 0 Å². The van der Waals surface area contributed by atoms with E-state index in [1.54, 1.807) is 6.20 Å². The molecule has 0 aliphatic heterocycles. The first-order valence-corrected chi connectivity index (χ1v) is 7.77. The zero-order valence-corrected chi connectivity index (χ0v) is 13.1. The lowest BCUT2D eigenvalue weighted by Gasteiger charge is -2.07. The molecule has 23 heavy (non-hydrogen) atoms. The average Bonchev–Trinajstić information content (AvgIpc) is 3.23. The minimum absolute atomic E-state index is 0.636. The van der Waals surface area contributed by atoms with Crippen molar-refractivity contribution < 1.29 is 0 Å². The average molecular weight is 318 g/mol. The number of aromatic nitrogens is 5. The van der Waals surface area contributed by atoms with Crippen molar-refractivity contribution >= 4 is 40.1 Å². The summed E-state index contributed by atoms with van der Waals surface area (Å²) >= 11 is 1.54. The second kappa shape index (κ2) is 5.47. The van der Waals surface area contributed by atoms with Gasteiger partial charge < -0.3 is 5.32 Å². The van der Waals surface area contributed by atoms with E-state index in [0.717, 1.165) is 32.2 Å². The summed E-state index contributed by atoms with van der Waals surface area (Å²) in [5.74, 6) is 0. The number of hydrogen-bond donors (Lipinski definition) is 2. The molecular weight excluding hydrogens is 307 g/mol. The molecule has 4 aromatic rings. The van der Waals surface area contributed by atoms with Gasteiger partial charge >= 0.3 is 0 Å². The van der Waals surface area contributed by atoms with E-state index in [-0.39, 0.29) is 0 Å². The highest BCUT2D eigenvalue weighted by Crippen LogP contribution is 2.27. The van der Waals surface area contributed by atoms with Crippen LogP contribution in [0.25, 0.3) is 32.7 Å². The van der Waals surface area contributed by atoms with E-state index in [2.05, 4.69) is 30.7 Å². The molecule has 0 spiro atoms. The number of hydrogen-bond acceptors (Lipinski definition) is 6. The first-order valence-electron chi connectivity index (χ1n) is 6.95. The quantitative estimate of drug-likeness (QED) is 0.565. The van der Waals surface area contributed by atoms with Crippen LogP contribution in [-0.2, 0) is 0 Å². The highest BCUT2D eigenvalue weighted by molar-refractivity contribution is 7.22. The summed E-state index contributed by atoms with van der Waals surface area (Å²) in [5.41, 5.74) is 4.87. The number of thiazole rings is 1. The molecule has 0 aliphatic carbocycles. The zero-order valence-electron chi connectivity index (χ0n) is 12.2. The molecule has 2 radical (unpaired) electrons. The van der Waals surface area contributed by atoms with Crippen molar-refractivity contribution in [2.45, 2.75) is 0 Å². The lowest BCUT2D eigenvalue weighted by Crippen LogP contribution is -2.08. The Morgan fingerprint density at radius 1 is 1.17 bits per heavy atom. The van der Waals surface area contributed by atoms with Gasteiger partial charge in [0.2, 0.25) is 0 Å². The third-order valence-electron chi connectivity index (χ3n) is 3.53. The Morgan fingerprint density at radius 3 is 2.83 bits per heavy atom. The smallest absolute Gasteiger partial charge is 0.194 e. The van der Waals surface area contributed by atoms with Gasteiger partial charge in [0.15, 0.2) is 10.8 Å². The number of H-pyrrole nitrogens is 1. The number of nitrogens with zero attached hydrogens (tertiary/aromatic N) is 4. The lowest BCUT2D eigenvalue weighted by atomic mass is 9.86. The van der Waals surface area contributed by atoms with Crippen LogP contribution in [0.4, 0.5) is 5.13 Å². The second-order valence-corrected chi connectivity index (χ2v) is 6.01. The van der Waals surface area contributed by atoms with E-state index in [0.29, 0.717) is 11.1 Å². The van der Waals surface area contributed by atoms with Crippen molar-refractivity contribution in [2.75, 3.05) is 12.4 Å². The predicted octanol–water partition coefficient (Wildman–Crippen LogP) is 1.98. The monoisotopic (exact) mass is 318 g/mol. The van der Waals surface area contributed by atoms with E-state index in [1.807, 2.05) is 37.5 Å². The van der Waals surface area contributed by atoms with Gasteiger partial charge in [0, 0.05) is 18.8 Å². The summed E-state index contributed by atoms with van der Waals surface area (Å²) in [7, 11) is 8.04. The van der Waals surface area contributed by atoms with Crippen LogP contribution in [-0.4, -0.2) is 40.3 Å². The van der Waals surface area contributed by atoms with Crippen LogP contribution in [0.3, 0.4) is 0 Å². The minimum Gasteiger partial charge on any atom is -0.365 e. The Bertz CT molecular complexity index is 979. The number of aromatic amines is 1. The summed E-state index contributed by atoms with van der Waals surface area (Å²) in [6, 6.07) is 7.82. The van der Waals surface area contributed by atoms with Crippen molar-refractivity contribution in [3.63, 3.8) is 0 Å². The molecule has 3 aromatic heterocycles. The van der Waals surface area contributed by atoms with E-state index in [9.17, 15) is 0 Å². The van der Waals surface area contributed by atoms with Crippen LogP contribution in [0.5, 0.6) is 0 Å². The number of benzene rings is 1. The van der Waals surface area contributed by atoms with Crippen molar-refractivity contribution in [3.05, 3.63) is 36.7 Å². The SMILES string of the molecule is [B]c1cc(-c2cn[nH]c2)ccc1-c1cc2sc(NC)nc2nn1. The van der Waals surface area contributed by atoms with Crippen molar-refractivity contribution in [1.29, 1.82) is 0 Å². The number of nitrogens with one attached hydrogen (secondary N) is 2. The first-order chi connectivity index (χ1) is 11.2. The fourth-order valence-corrected chi connectivity index (χ4v) is 3.16. The topological polar surface area (TPSA) is 79.4 Å². The van der Waals surface area contributed by atoms with Gasteiger partial charge in [0.1, 0.15) is 7.85 Å². The molecule has 2 N–H and O–H groups in total. The number of anilines is 1. The van der Waals surface area contributed by atoms with E-state index in [4.69, 9.17) is 7.85 Å². The van der Waals surface area contributed by atoms with Gasteiger partial charge in [-0.15, -0.1) is 10.2 Å². The second-order valence-electron chi connectivity index (χ2n) is 4.98. The molecule has 3 heterocycles. The molecule has 0 fully saturated rings. The maximum Gasteiger partial charge on any atom is 0.194 e. The van der Waals surface area contributed by atoms with Crippen LogP contribution in [0.2, 0.25) is 0 Å². The molecule has 0 unspecified atom stereocenters. The molecule has 0 atom stereocenters. The molecule has 8 heteroatoms. The lowest BCUT2D eigenvalue weighted by molar-refractivity contribution is 1.07. The molecule has 0 amide bonds. The number of fused-ring (bicyclic) bond motifs is 1. The maximum absolute atomic E-state index is 6.21. The van der Waals surface area contributed by atoms with Gasteiger partial charge in [-0.2, -0.15) is 10.1 Å². The fraction of sp³-hybridized carbons (Fsp3) is 0.0667. The van der Waals surface area contributed by atoms with Crippen LogP contribution in [0, 0.1) is 0 Å². The van der Waals surface area contributed by atoms with Gasteiger partial charge in [0.05, 0.1) is 16.6 Å². The summed E-state index contributed by atoms with van der Waals surface area (Å²) in [6.07, 6.45) is 3.59. The third-order valence-corrected chi connectivity index (χ3v) is 4.54. The Balaban J connectivity index is 1.77.